The largest absolute Gasteiger partial charge is 0.363 e. The van der Waals surface area contributed by atoms with Gasteiger partial charge in [0.2, 0.25) is 0 Å². The maximum atomic E-state index is 6.05. The molecule has 4 heteroatoms. The van der Waals surface area contributed by atoms with Crippen LogP contribution in [0.5, 0.6) is 0 Å². The van der Waals surface area contributed by atoms with Crippen molar-refractivity contribution in [2.24, 2.45) is 0 Å². The lowest BCUT2D eigenvalue weighted by Crippen LogP contribution is -2.14. The molecule has 3 nitrogen and oxygen atoms in total. The second kappa shape index (κ2) is 4.41. The summed E-state index contributed by atoms with van der Waals surface area (Å²) in [5.74, 6) is 1.05. The molecular weight excluding hydrogens is 234 g/mol. The summed E-state index contributed by atoms with van der Waals surface area (Å²) in [6.45, 7) is 4.05. The summed E-state index contributed by atoms with van der Waals surface area (Å²) in [7, 11) is 4.01. The number of rotatable bonds is 2. The van der Waals surface area contributed by atoms with E-state index in [1.165, 1.54) is 0 Å². The molecule has 90 valence electrons. The minimum absolute atomic E-state index is 0.725. The zero-order valence-corrected chi connectivity index (χ0v) is 11.3. The monoisotopic (exact) mass is 249 g/mol. The fourth-order valence-corrected chi connectivity index (χ4v) is 1.96. The first-order chi connectivity index (χ1) is 7.99. The molecule has 2 aromatic rings. The molecule has 0 saturated heterocycles. The molecule has 0 aliphatic heterocycles. The Morgan fingerprint density at radius 3 is 2.53 bits per heavy atom. The Kier molecular flexibility index (Phi) is 3.11. The van der Waals surface area contributed by atoms with E-state index in [0.717, 1.165) is 27.8 Å². The molecule has 0 N–H and O–H groups in total. The highest BCUT2D eigenvalue weighted by atomic mass is 35.5. The summed E-state index contributed by atoms with van der Waals surface area (Å²) in [6.07, 6.45) is 0. The van der Waals surface area contributed by atoms with Gasteiger partial charge in [0.25, 0.3) is 0 Å². The predicted molar refractivity (Wildman–Crippen MR) is 72.4 cm³/mol. The van der Waals surface area contributed by atoms with E-state index in [0.29, 0.717) is 0 Å². The topological polar surface area (TPSA) is 21.1 Å². The quantitative estimate of drug-likeness (QED) is 0.815. The average molecular weight is 250 g/mol. The highest BCUT2D eigenvalue weighted by Gasteiger charge is 2.11. The van der Waals surface area contributed by atoms with Crippen LogP contribution in [0.2, 0.25) is 5.02 Å². The maximum absolute atomic E-state index is 6.05. The predicted octanol–water partition coefficient (Wildman–Crippen LogP) is 3.21. The second-order valence-electron chi connectivity index (χ2n) is 4.38. The molecule has 0 amide bonds. The zero-order chi connectivity index (χ0) is 12.6. The molecule has 0 aliphatic carbocycles. The van der Waals surface area contributed by atoms with Gasteiger partial charge in [-0.3, -0.25) is 0 Å². The molecule has 1 aromatic carbocycles. The number of anilines is 1. The van der Waals surface area contributed by atoms with Gasteiger partial charge in [-0.25, -0.2) is 4.68 Å². The van der Waals surface area contributed by atoms with E-state index in [1.54, 1.807) is 0 Å². The van der Waals surface area contributed by atoms with Crippen LogP contribution < -0.4 is 4.90 Å². The minimum Gasteiger partial charge on any atom is -0.363 e. The Hall–Kier alpha value is -1.48. The van der Waals surface area contributed by atoms with Crippen LogP contribution in [0.15, 0.2) is 24.3 Å². The van der Waals surface area contributed by atoms with Crippen molar-refractivity contribution in [1.82, 2.24) is 9.78 Å². The van der Waals surface area contributed by atoms with Crippen molar-refractivity contribution in [3.63, 3.8) is 0 Å². The fourth-order valence-electron chi connectivity index (χ4n) is 1.79. The molecule has 1 aromatic heterocycles. The Morgan fingerprint density at radius 2 is 1.88 bits per heavy atom. The van der Waals surface area contributed by atoms with E-state index in [1.807, 2.05) is 48.8 Å². The lowest BCUT2D eigenvalue weighted by Gasteiger charge is -2.16. The molecule has 17 heavy (non-hydrogen) atoms. The van der Waals surface area contributed by atoms with Gasteiger partial charge in [-0.05, 0) is 31.5 Å². The SMILES string of the molecule is Cc1cc(N(C)C)n(-c2cc(Cl)ccc2C)n1. The van der Waals surface area contributed by atoms with Crippen molar-refractivity contribution in [3.8, 4) is 5.69 Å². The fraction of sp³-hybridized carbons (Fsp3) is 0.308. The Balaban J connectivity index is 2.63. The van der Waals surface area contributed by atoms with E-state index < -0.39 is 0 Å². The standard InChI is InChI=1S/C13H16ClN3/c1-9-5-6-11(14)8-12(9)17-13(16(3)4)7-10(2)15-17/h5-8H,1-4H3. The number of aromatic nitrogens is 2. The van der Waals surface area contributed by atoms with E-state index in [4.69, 9.17) is 11.6 Å². The van der Waals surface area contributed by atoms with Crippen LogP contribution in [0.3, 0.4) is 0 Å². The smallest absolute Gasteiger partial charge is 0.132 e. The van der Waals surface area contributed by atoms with Crippen molar-refractivity contribution in [2.45, 2.75) is 13.8 Å². The highest BCUT2D eigenvalue weighted by molar-refractivity contribution is 6.30. The molecular formula is C13H16ClN3. The first-order valence-electron chi connectivity index (χ1n) is 5.49. The van der Waals surface area contributed by atoms with Crippen LogP contribution in [-0.2, 0) is 0 Å². The van der Waals surface area contributed by atoms with E-state index in [9.17, 15) is 0 Å². The molecule has 0 fully saturated rings. The normalized spacial score (nSPS) is 10.6. The Bertz CT molecular complexity index is 544. The van der Waals surface area contributed by atoms with Crippen LogP contribution in [0.25, 0.3) is 5.69 Å². The van der Waals surface area contributed by atoms with Gasteiger partial charge < -0.3 is 4.90 Å². The van der Waals surface area contributed by atoms with E-state index >= 15 is 0 Å². The van der Waals surface area contributed by atoms with Crippen molar-refractivity contribution in [3.05, 3.63) is 40.5 Å². The molecule has 2 rings (SSSR count). The highest BCUT2D eigenvalue weighted by Crippen LogP contribution is 2.24. The van der Waals surface area contributed by atoms with Crippen LogP contribution in [0, 0.1) is 13.8 Å². The molecule has 0 atom stereocenters. The Morgan fingerprint density at radius 1 is 1.18 bits per heavy atom. The van der Waals surface area contributed by atoms with Crippen LogP contribution in [-0.4, -0.2) is 23.9 Å². The molecule has 0 aliphatic rings. The van der Waals surface area contributed by atoms with Gasteiger partial charge in [0.15, 0.2) is 0 Å². The van der Waals surface area contributed by atoms with Crippen molar-refractivity contribution >= 4 is 17.4 Å². The van der Waals surface area contributed by atoms with Crippen molar-refractivity contribution in [1.29, 1.82) is 0 Å². The number of aryl methyl sites for hydroxylation is 2. The van der Waals surface area contributed by atoms with Gasteiger partial charge in [-0.15, -0.1) is 0 Å². The minimum atomic E-state index is 0.725. The first-order valence-corrected chi connectivity index (χ1v) is 5.87. The lowest BCUT2D eigenvalue weighted by molar-refractivity contribution is 0.835. The summed E-state index contributed by atoms with van der Waals surface area (Å²) >= 11 is 6.05. The first kappa shape index (κ1) is 12.0. The number of hydrogen-bond donors (Lipinski definition) is 0. The van der Waals surface area contributed by atoms with E-state index in [2.05, 4.69) is 18.1 Å². The summed E-state index contributed by atoms with van der Waals surface area (Å²) in [5, 5.41) is 5.25. The molecule has 1 heterocycles. The third-order valence-corrected chi connectivity index (χ3v) is 2.91. The number of nitrogens with zero attached hydrogens (tertiary/aromatic N) is 3. The molecule has 0 unspecified atom stereocenters. The van der Waals surface area contributed by atoms with Gasteiger partial charge in [-0.1, -0.05) is 17.7 Å². The van der Waals surface area contributed by atoms with Gasteiger partial charge in [0.05, 0.1) is 11.4 Å². The number of halogens is 1. The van der Waals surface area contributed by atoms with Crippen LogP contribution >= 0.6 is 11.6 Å². The lowest BCUT2D eigenvalue weighted by atomic mass is 10.2. The maximum Gasteiger partial charge on any atom is 0.132 e. The molecule has 0 radical (unpaired) electrons. The van der Waals surface area contributed by atoms with Crippen molar-refractivity contribution in [2.75, 3.05) is 19.0 Å². The third-order valence-electron chi connectivity index (χ3n) is 2.67. The van der Waals surface area contributed by atoms with E-state index in [-0.39, 0.29) is 0 Å². The third kappa shape index (κ3) is 2.29. The summed E-state index contributed by atoms with van der Waals surface area (Å²) in [6, 6.07) is 7.90. The summed E-state index contributed by atoms with van der Waals surface area (Å²) in [5.41, 5.74) is 3.17. The van der Waals surface area contributed by atoms with Gasteiger partial charge in [0.1, 0.15) is 5.82 Å². The van der Waals surface area contributed by atoms with Gasteiger partial charge >= 0.3 is 0 Å². The van der Waals surface area contributed by atoms with Crippen LogP contribution in [0.1, 0.15) is 11.3 Å². The number of benzene rings is 1. The molecule has 0 bridgehead atoms. The molecule has 0 saturated carbocycles. The van der Waals surface area contributed by atoms with Gasteiger partial charge in [-0.2, -0.15) is 5.10 Å². The Labute approximate surface area is 107 Å². The summed E-state index contributed by atoms with van der Waals surface area (Å²) in [4.78, 5) is 2.04. The van der Waals surface area contributed by atoms with Gasteiger partial charge in [0, 0.05) is 25.2 Å². The summed E-state index contributed by atoms with van der Waals surface area (Å²) < 4.78 is 1.93. The average Bonchev–Trinajstić information content (AvgIpc) is 2.64. The number of hydrogen-bond acceptors (Lipinski definition) is 2. The van der Waals surface area contributed by atoms with Crippen LogP contribution in [0.4, 0.5) is 5.82 Å². The molecule has 0 spiro atoms. The zero-order valence-electron chi connectivity index (χ0n) is 10.5. The second-order valence-corrected chi connectivity index (χ2v) is 4.82. The van der Waals surface area contributed by atoms with Crippen molar-refractivity contribution < 1.29 is 0 Å².